The SMILES string of the molecule is c1ccc(N[C@H]2CC[C@@H](Oc3nc(N4CCOCC4)cc4ncccc34)CC2)nc1. The summed E-state index contributed by atoms with van der Waals surface area (Å²) in [6.45, 7) is 3.14. The molecule has 1 aliphatic heterocycles. The van der Waals surface area contributed by atoms with Crippen molar-refractivity contribution < 1.29 is 9.47 Å². The predicted octanol–water partition coefficient (Wildman–Crippen LogP) is 3.66. The van der Waals surface area contributed by atoms with Gasteiger partial charge < -0.3 is 19.7 Å². The molecule has 0 spiro atoms. The van der Waals surface area contributed by atoms with Gasteiger partial charge in [-0.1, -0.05) is 6.07 Å². The van der Waals surface area contributed by atoms with Gasteiger partial charge in [-0.15, -0.1) is 0 Å². The summed E-state index contributed by atoms with van der Waals surface area (Å²) in [5.41, 5.74) is 0.925. The normalized spacial score (nSPS) is 22.1. The zero-order chi connectivity index (χ0) is 20.2. The Balaban J connectivity index is 1.29. The Morgan fingerprint density at radius 2 is 1.80 bits per heavy atom. The molecule has 3 aromatic rings. The molecule has 1 aliphatic carbocycles. The number of hydrogen-bond acceptors (Lipinski definition) is 7. The topological polar surface area (TPSA) is 72.4 Å². The van der Waals surface area contributed by atoms with Crippen molar-refractivity contribution in [2.45, 2.75) is 37.8 Å². The lowest BCUT2D eigenvalue weighted by molar-refractivity contribution is 0.122. The van der Waals surface area contributed by atoms with Crippen molar-refractivity contribution in [3.05, 3.63) is 48.8 Å². The lowest BCUT2D eigenvalue weighted by Crippen LogP contribution is -2.37. The van der Waals surface area contributed by atoms with Crippen molar-refractivity contribution in [1.82, 2.24) is 15.0 Å². The van der Waals surface area contributed by atoms with Crippen LogP contribution in [0.15, 0.2) is 48.8 Å². The van der Waals surface area contributed by atoms with Gasteiger partial charge >= 0.3 is 0 Å². The summed E-state index contributed by atoms with van der Waals surface area (Å²) in [7, 11) is 0. The van der Waals surface area contributed by atoms with Crippen LogP contribution >= 0.6 is 0 Å². The summed E-state index contributed by atoms with van der Waals surface area (Å²) in [5, 5.41) is 4.51. The maximum Gasteiger partial charge on any atom is 0.225 e. The second-order valence-corrected chi connectivity index (χ2v) is 7.91. The first-order valence-electron chi connectivity index (χ1n) is 10.8. The Bertz CT molecular complexity index is 970. The zero-order valence-corrected chi connectivity index (χ0v) is 17.0. The first-order chi connectivity index (χ1) is 14.8. The van der Waals surface area contributed by atoms with Crippen molar-refractivity contribution in [3.8, 4) is 5.88 Å². The van der Waals surface area contributed by atoms with Gasteiger partial charge in [0.15, 0.2) is 0 Å². The third-order valence-electron chi connectivity index (χ3n) is 5.86. The molecule has 1 saturated heterocycles. The van der Waals surface area contributed by atoms with E-state index in [0.717, 1.165) is 74.5 Å². The highest BCUT2D eigenvalue weighted by molar-refractivity contribution is 5.85. The van der Waals surface area contributed by atoms with Crippen LogP contribution in [-0.2, 0) is 4.74 Å². The standard InChI is InChI=1S/C23H27N5O2/c1-2-10-25-21(5-1)26-17-6-8-18(9-7-17)30-23-19-4-3-11-24-20(19)16-22(27-23)28-12-14-29-15-13-28/h1-5,10-11,16-18H,6-9,12-15H2,(H,25,26)/t17-,18+. The van der Waals surface area contributed by atoms with Crippen molar-refractivity contribution in [2.24, 2.45) is 0 Å². The molecule has 1 N–H and O–H groups in total. The van der Waals surface area contributed by atoms with Crippen LogP contribution in [0.25, 0.3) is 10.9 Å². The van der Waals surface area contributed by atoms with Gasteiger partial charge in [0.25, 0.3) is 0 Å². The van der Waals surface area contributed by atoms with E-state index in [9.17, 15) is 0 Å². The number of fused-ring (bicyclic) bond motifs is 1. The first-order valence-corrected chi connectivity index (χ1v) is 10.8. The Morgan fingerprint density at radius 3 is 2.60 bits per heavy atom. The average molecular weight is 406 g/mol. The van der Waals surface area contributed by atoms with E-state index >= 15 is 0 Å². The highest BCUT2D eigenvalue weighted by atomic mass is 16.5. The van der Waals surface area contributed by atoms with Crippen molar-refractivity contribution in [3.63, 3.8) is 0 Å². The summed E-state index contributed by atoms with van der Waals surface area (Å²) in [6.07, 6.45) is 7.92. The van der Waals surface area contributed by atoms with Crippen LogP contribution in [0.3, 0.4) is 0 Å². The molecule has 4 heterocycles. The number of nitrogens with one attached hydrogen (secondary N) is 1. The fourth-order valence-corrected chi connectivity index (χ4v) is 4.22. The van der Waals surface area contributed by atoms with Crippen molar-refractivity contribution >= 4 is 22.5 Å². The number of nitrogens with zero attached hydrogens (tertiary/aromatic N) is 4. The molecule has 0 radical (unpaired) electrons. The number of anilines is 2. The van der Waals surface area contributed by atoms with E-state index in [1.165, 1.54) is 0 Å². The second kappa shape index (κ2) is 8.83. The van der Waals surface area contributed by atoms with Gasteiger partial charge in [0.2, 0.25) is 5.88 Å². The van der Waals surface area contributed by atoms with E-state index in [1.54, 1.807) is 0 Å². The summed E-state index contributed by atoms with van der Waals surface area (Å²) >= 11 is 0. The molecule has 7 nitrogen and oxygen atoms in total. The molecule has 0 aromatic carbocycles. The van der Waals surface area contributed by atoms with Crippen LogP contribution in [0.5, 0.6) is 5.88 Å². The van der Waals surface area contributed by atoms with Crippen molar-refractivity contribution in [1.29, 1.82) is 0 Å². The number of rotatable bonds is 5. The predicted molar refractivity (Wildman–Crippen MR) is 117 cm³/mol. The van der Waals surface area contributed by atoms with Gasteiger partial charge in [-0.3, -0.25) is 4.98 Å². The molecule has 1 saturated carbocycles. The Hall–Kier alpha value is -2.93. The molecular weight excluding hydrogens is 378 g/mol. The number of hydrogen-bond donors (Lipinski definition) is 1. The lowest BCUT2D eigenvalue weighted by atomic mass is 9.93. The highest BCUT2D eigenvalue weighted by Gasteiger charge is 2.24. The fourth-order valence-electron chi connectivity index (χ4n) is 4.22. The molecule has 7 heteroatoms. The average Bonchev–Trinajstić information content (AvgIpc) is 2.81. The van der Waals surface area contributed by atoms with Crippen LogP contribution in [0, 0.1) is 0 Å². The molecule has 0 atom stereocenters. The molecule has 0 amide bonds. The Kier molecular flexibility index (Phi) is 5.61. The van der Waals surface area contributed by atoms with Gasteiger partial charge in [0, 0.05) is 37.6 Å². The quantitative estimate of drug-likeness (QED) is 0.694. The van der Waals surface area contributed by atoms with Crippen LogP contribution < -0.4 is 15.0 Å². The molecule has 5 rings (SSSR count). The summed E-state index contributed by atoms with van der Waals surface area (Å²) < 4.78 is 11.9. The van der Waals surface area contributed by atoms with E-state index in [2.05, 4.69) is 26.3 Å². The van der Waals surface area contributed by atoms with Crippen LogP contribution in [-0.4, -0.2) is 53.4 Å². The van der Waals surface area contributed by atoms with E-state index < -0.39 is 0 Å². The monoisotopic (exact) mass is 405 g/mol. The molecule has 3 aromatic heterocycles. The van der Waals surface area contributed by atoms with E-state index in [4.69, 9.17) is 14.5 Å². The maximum atomic E-state index is 6.45. The van der Waals surface area contributed by atoms with Gasteiger partial charge in [0.1, 0.15) is 17.7 Å². The molecule has 2 fully saturated rings. The summed E-state index contributed by atoms with van der Waals surface area (Å²) in [4.78, 5) is 16.1. The van der Waals surface area contributed by atoms with Gasteiger partial charge in [0.05, 0.1) is 24.1 Å². The maximum absolute atomic E-state index is 6.45. The summed E-state index contributed by atoms with van der Waals surface area (Å²) in [5.74, 6) is 2.56. The minimum absolute atomic E-state index is 0.169. The highest BCUT2D eigenvalue weighted by Crippen LogP contribution is 2.31. The lowest BCUT2D eigenvalue weighted by Gasteiger charge is -2.31. The molecule has 0 unspecified atom stereocenters. The minimum Gasteiger partial charge on any atom is -0.474 e. The largest absolute Gasteiger partial charge is 0.474 e. The van der Waals surface area contributed by atoms with Gasteiger partial charge in [-0.2, -0.15) is 4.98 Å². The van der Waals surface area contributed by atoms with Gasteiger partial charge in [-0.05, 0) is 49.9 Å². The smallest absolute Gasteiger partial charge is 0.225 e. The number of morpholine rings is 1. The minimum atomic E-state index is 0.169. The molecular formula is C23H27N5O2. The van der Waals surface area contributed by atoms with E-state index in [1.807, 2.05) is 42.7 Å². The third-order valence-corrected chi connectivity index (χ3v) is 5.86. The van der Waals surface area contributed by atoms with Gasteiger partial charge in [-0.25, -0.2) is 4.98 Å². The number of aromatic nitrogens is 3. The molecule has 156 valence electrons. The Morgan fingerprint density at radius 1 is 0.967 bits per heavy atom. The number of pyridine rings is 3. The molecule has 0 bridgehead atoms. The zero-order valence-electron chi connectivity index (χ0n) is 17.0. The number of ether oxygens (including phenoxy) is 2. The summed E-state index contributed by atoms with van der Waals surface area (Å²) in [6, 6.07) is 12.4. The Labute approximate surface area is 176 Å². The third kappa shape index (κ3) is 4.31. The van der Waals surface area contributed by atoms with Crippen LogP contribution in [0.4, 0.5) is 11.6 Å². The second-order valence-electron chi connectivity index (χ2n) is 7.91. The first kappa shape index (κ1) is 19.1. The van der Waals surface area contributed by atoms with Crippen molar-refractivity contribution in [2.75, 3.05) is 36.5 Å². The van der Waals surface area contributed by atoms with E-state index in [0.29, 0.717) is 11.9 Å². The fraction of sp³-hybridized carbons (Fsp3) is 0.435. The van der Waals surface area contributed by atoms with E-state index in [-0.39, 0.29) is 6.10 Å². The molecule has 2 aliphatic rings. The van der Waals surface area contributed by atoms with Crippen LogP contribution in [0.1, 0.15) is 25.7 Å². The molecule has 30 heavy (non-hydrogen) atoms. The van der Waals surface area contributed by atoms with Crippen LogP contribution in [0.2, 0.25) is 0 Å².